The number of hydrogen-bond donors (Lipinski definition) is 1. The second-order valence-corrected chi connectivity index (χ2v) is 5.52. The molecule has 4 heteroatoms. The Morgan fingerprint density at radius 1 is 0.667 bits per heavy atom. The number of nitrogens with two attached hydrogens (primary N) is 1. The molecule has 0 unspecified atom stereocenters. The van der Waals surface area contributed by atoms with Crippen molar-refractivity contribution in [3.8, 4) is 11.5 Å². The first-order valence-corrected chi connectivity index (χ1v) is 7.50. The zero-order valence-electron chi connectivity index (χ0n) is 12.7. The fourth-order valence-corrected chi connectivity index (χ4v) is 2.94. The summed E-state index contributed by atoms with van der Waals surface area (Å²) in [5, 5.41) is 0. The summed E-state index contributed by atoms with van der Waals surface area (Å²) < 4.78 is 5.84. The highest BCUT2D eigenvalue weighted by Gasteiger charge is 2.33. The molecular formula is C20H13NO3. The summed E-state index contributed by atoms with van der Waals surface area (Å²) >= 11 is 0. The number of nitrogen functional groups attached to an aromatic ring is 1. The number of rotatable bonds is 2. The second-order valence-electron chi connectivity index (χ2n) is 5.52. The van der Waals surface area contributed by atoms with Crippen molar-refractivity contribution in [2.24, 2.45) is 0 Å². The van der Waals surface area contributed by atoms with Crippen LogP contribution in [0, 0.1) is 0 Å². The van der Waals surface area contributed by atoms with Crippen LogP contribution in [0.4, 0.5) is 5.69 Å². The lowest BCUT2D eigenvalue weighted by Crippen LogP contribution is -2.22. The number of para-hydroxylation sites is 1. The molecule has 0 aliphatic heterocycles. The fraction of sp³-hybridized carbons (Fsp3) is 0. The molecule has 0 radical (unpaired) electrons. The average Bonchev–Trinajstić information content (AvgIpc) is 2.60. The Balaban J connectivity index is 1.89. The predicted octanol–water partition coefficient (Wildman–Crippen LogP) is 3.84. The van der Waals surface area contributed by atoms with Gasteiger partial charge in [-0.25, -0.2) is 0 Å². The van der Waals surface area contributed by atoms with Crippen molar-refractivity contribution in [3.63, 3.8) is 0 Å². The van der Waals surface area contributed by atoms with Crippen LogP contribution in [0.5, 0.6) is 11.5 Å². The standard InChI is InChI=1S/C20H13NO3/c21-15-10-4-8-13-17(15)20(23)18-14(19(13)22)9-5-11-16(18)24-12-6-2-1-3-7-12/h1-11H,21H2. The smallest absolute Gasteiger partial charge is 0.200 e. The van der Waals surface area contributed by atoms with Gasteiger partial charge in [-0.05, 0) is 24.3 Å². The Kier molecular flexibility index (Phi) is 3.17. The molecule has 0 heterocycles. The third kappa shape index (κ3) is 2.08. The number of ketones is 2. The first kappa shape index (κ1) is 14.2. The Bertz CT molecular complexity index is 977. The first-order valence-electron chi connectivity index (χ1n) is 7.50. The van der Waals surface area contributed by atoms with Gasteiger partial charge in [0.2, 0.25) is 0 Å². The van der Waals surface area contributed by atoms with Gasteiger partial charge in [-0.3, -0.25) is 9.59 Å². The van der Waals surface area contributed by atoms with E-state index in [1.807, 2.05) is 18.2 Å². The highest BCUT2D eigenvalue weighted by atomic mass is 16.5. The van der Waals surface area contributed by atoms with E-state index in [4.69, 9.17) is 10.5 Å². The van der Waals surface area contributed by atoms with Crippen molar-refractivity contribution in [3.05, 3.63) is 89.0 Å². The third-order valence-corrected chi connectivity index (χ3v) is 4.04. The Hall–Kier alpha value is -3.40. The van der Waals surface area contributed by atoms with Crippen LogP contribution in [0.1, 0.15) is 31.8 Å². The molecule has 0 fully saturated rings. The van der Waals surface area contributed by atoms with E-state index in [0.717, 1.165) is 0 Å². The van der Waals surface area contributed by atoms with Crippen LogP contribution >= 0.6 is 0 Å². The molecule has 3 aromatic rings. The fourth-order valence-electron chi connectivity index (χ4n) is 2.94. The highest BCUT2D eigenvalue weighted by Crippen LogP contribution is 2.37. The SMILES string of the molecule is Nc1cccc2c1C(=O)c1c(Oc3ccccc3)cccc1C2=O. The van der Waals surface area contributed by atoms with Gasteiger partial charge < -0.3 is 10.5 Å². The van der Waals surface area contributed by atoms with Gasteiger partial charge >= 0.3 is 0 Å². The molecule has 1 aliphatic carbocycles. The number of anilines is 1. The molecule has 24 heavy (non-hydrogen) atoms. The summed E-state index contributed by atoms with van der Waals surface area (Å²) in [6, 6.07) is 19.1. The zero-order chi connectivity index (χ0) is 16.7. The molecule has 0 aromatic heterocycles. The maximum atomic E-state index is 13.0. The lowest BCUT2D eigenvalue weighted by Gasteiger charge is -2.21. The summed E-state index contributed by atoms with van der Waals surface area (Å²) in [4.78, 5) is 25.7. The number of hydrogen-bond acceptors (Lipinski definition) is 4. The molecule has 3 aromatic carbocycles. The Morgan fingerprint density at radius 2 is 1.33 bits per heavy atom. The highest BCUT2D eigenvalue weighted by molar-refractivity contribution is 6.30. The summed E-state index contributed by atoms with van der Waals surface area (Å²) in [5.74, 6) is 0.443. The number of benzene rings is 3. The van der Waals surface area contributed by atoms with Crippen LogP contribution in [0.25, 0.3) is 0 Å². The van der Waals surface area contributed by atoms with E-state index in [9.17, 15) is 9.59 Å². The van der Waals surface area contributed by atoms with Crippen molar-refractivity contribution < 1.29 is 14.3 Å². The summed E-state index contributed by atoms with van der Waals surface area (Å²) in [6.07, 6.45) is 0. The second kappa shape index (κ2) is 5.35. The first-order chi connectivity index (χ1) is 11.7. The minimum Gasteiger partial charge on any atom is -0.457 e. The molecule has 0 saturated heterocycles. The summed E-state index contributed by atoms with van der Waals surface area (Å²) in [6.45, 7) is 0. The van der Waals surface area contributed by atoms with Gasteiger partial charge in [0.1, 0.15) is 11.5 Å². The van der Waals surface area contributed by atoms with E-state index < -0.39 is 0 Å². The van der Waals surface area contributed by atoms with Crippen molar-refractivity contribution in [1.82, 2.24) is 0 Å². The molecule has 2 N–H and O–H groups in total. The molecular weight excluding hydrogens is 302 g/mol. The molecule has 0 bridgehead atoms. The molecule has 0 spiro atoms. The van der Waals surface area contributed by atoms with E-state index in [0.29, 0.717) is 28.3 Å². The van der Waals surface area contributed by atoms with Gasteiger partial charge in [0.25, 0.3) is 0 Å². The van der Waals surface area contributed by atoms with E-state index in [-0.39, 0.29) is 22.7 Å². The maximum Gasteiger partial charge on any atom is 0.200 e. The zero-order valence-corrected chi connectivity index (χ0v) is 12.7. The van der Waals surface area contributed by atoms with Gasteiger partial charge in [-0.15, -0.1) is 0 Å². The van der Waals surface area contributed by atoms with E-state index >= 15 is 0 Å². The normalized spacial score (nSPS) is 12.5. The van der Waals surface area contributed by atoms with Crippen LogP contribution in [0.2, 0.25) is 0 Å². The van der Waals surface area contributed by atoms with Gasteiger partial charge in [0.15, 0.2) is 11.6 Å². The molecule has 4 rings (SSSR count). The third-order valence-electron chi connectivity index (χ3n) is 4.04. The Labute approximate surface area is 138 Å². The van der Waals surface area contributed by atoms with Crippen molar-refractivity contribution in [2.75, 3.05) is 5.73 Å². The van der Waals surface area contributed by atoms with Crippen LogP contribution in [0.3, 0.4) is 0 Å². The number of ether oxygens (including phenoxy) is 1. The number of carbonyl (C=O) groups excluding carboxylic acids is 2. The summed E-state index contributed by atoms with van der Waals surface area (Å²) in [5.41, 5.74) is 7.42. The minimum absolute atomic E-state index is 0.217. The number of carbonyl (C=O) groups is 2. The maximum absolute atomic E-state index is 13.0. The van der Waals surface area contributed by atoms with Crippen molar-refractivity contribution in [2.45, 2.75) is 0 Å². The topological polar surface area (TPSA) is 69.4 Å². The molecule has 116 valence electrons. The van der Waals surface area contributed by atoms with Gasteiger partial charge in [0, 0.05) is 16.8 Å². The quantitative estimate of drug-likeness (QED) is 0.571. The van der Waals surface area contributed by atoms with Crippen LogP contribution in [-0.2, 0) is 0 Å². The molecule has 4 nitrogen and oxygen atoms in total. The predicted molar refractivity (Wildman–Crippen MR) is 90.7 cm³/mol. The van der Waals surface area contributed by atoms with Gasteiger partial charge in [0.05, 0.1) is 11.1 Å². The lowest BCUT2D eigenvalue weighted by molar-refractivity contribution is 0.0977. The van der Waals surface area contributed by atoms with E-state index in [2.05, 4.69) is 0 Å². The minimum atomic E-state index is -0.288. The van der Waals surface area contributed by atoms with Gasteiger partial charge in [-0.2, -0.15) is 0 Å². The van der Waals surface area contributed by atoms with E-state index in [1.54, 1.807) is 48.5 Å². The largest absolute Gasteiger partial charge is 0.457 e. The number of fused-ring (bicyclic) bond motifs is 2. The molecule has 1 aliphatic rings. The molecule has 0 amide bonds. The lowest BCUT2D eigenvalue weighted by atomic mass is 9.83. The summed E-state index contributed by atoms with van der Waals surface area (Å²) in [7, 11) is 0. The monoisotopic (exact) mass is 315 g/mol. The van der Waals surface area contributed by atoms with Crippen LogP contribution in [0.15, 0.2) is 66.7 Å². The van der Waals surface area contributed by atoms with Crippen LogP contribution < -0.4 is 10.5 Å². The Morgan fingerprint density at radius 3 is 2.08 bits per heavy atom. The molecule has 0 atom stereocenters. The van der Waals surface area contributed by atoms with Crippen molar-refractivity contribution in [1.29, 1.82) is 0 Å². The molecule has 0 saturated carbocycles. The van der Waals surface area contributed by atoms with E-state index in [1.165, 1.54) is 0 Å². The average molecular weight is 315 g/mol. The van der Waals surface area contributed by atoms with Crippen LogP contribution in [-0.4, -0.2) is 11.6 Å². The van der Waals surface area contributed by atoms with Gasteiger partial charge in [-0.1, -0.05) is 42.5 Å². The van der Waals surface area contributed by atoms with Crippen molar-refractivity contribution >= 4 is 17.3 Å².